The first-order valence-corrected chi connectivity index (χ1v) is 10.8. The number of amides is 2. The highest BCUT2D eigenvalue weighted by Gasteiger charge is 2.25. The molecular weight excluding hydrogens is 406 g/mol. The molecule has 7 nitrogen and oxygen atoms in total. The number of para-hydroxylation sites is 1. The van der Waals surface area contributed by atoms with Gasteiger partial charge in [-0.05, 0) is 37.6 Å². The lowest BCUT2D eigenvalue weighted by Crippen LogP contribution is -2.38. The number of rotatable bonds is 5. The van der Waals surface area contributed by atoms with Crippen molar-refractivity contribution in [2.75, 3.05) is 33.3 Å². The largest absolute Gasteiger partial charge is 0.496 e. The van der Waals surface area contributed by atoms with Crippen molar-refractivity contribution >= 4 is 11.8 Å². The molecule has 2 amide bonds. The predicted molar refractivity (Wildman–Crippen MR) is 120 cm³/mol. The van der Waals surface area contributed by atoms with E-state index in [1.807, 2.05) is 54.3 Å². The number of hydrogen-bond donors (Lipinski definition) is 0. The molecule has 7 heteroatoms. The Labute approximate surface area is 187 Å². The fourth-order valence-corrected chi connectivity index (χ4v) is 3.91. The van der Waals surface area contributed by atoms with Gasteiger partial charge in [-0.15, -0.1) is 0 Å². The molecule has 1 saturated heterocycles. The van der Waals surface area contributed by atoms with E-state index in [0.29, 0.717) is 54.8 Å². The summed E-state index contributed by atoms with van der Waals surface area (Å²) in [5.74, 6) is 1.66. The van der Waals surface area contributed by atoms with Crippen LogP contribution in [0, 0.1) is 6.92 Å². The smallest absolute Gasteiger partial charge is 0.257 e. The second-order valence-electron chi connectivity index (χ2n) is 7.79. The van der Waals surface area contributed by atoms with Gasteiger partial charge in [0.15, 0.2) is 0 Å². The van der Waals surface area contributed by atoms with E-state index >= 15 is 0 Å². The Kier molecular flexibility index (Phi) is 6.54. The summed E-state index contributed by atoms with van der Waals surface area (Å²) in [6.45, 7) is 4.01. The van der Waals surface area contributed by atoms with Crippen LogP contribution in [0.4, 0.5) is 0 Å². The molecule has 1 fully saturated rings. The van der Waals surface area contributed by atoms with E-state index in [-0.39, 0.29) is 18.2 Å². The van der Waals surface area contributed by atoms with Crippen LogP contribution >= 0.6 is 0 Å². The van der Waals surface area contributed by atoms with E-state index in [1.54, 1.807) is 24.1 Å². The maximum atomic E-state index is 13.0. The quantitative estimate of drug-likeness (QED) is 0.615. The summed E-state index contributed by atoms with van der Waals surface area (Å²) in [5.41, 5.74) is 2.08. The summed E-state index contributed by atoms with van der Waals surface area (Å²) in [5, 5.41) is 0. The molecule has 2 heterocycles. The second kappa shape index (κ2) is 9.68. The standard InChI is InChI=1S/C25H27N3O4/c1-18-21(26-24(32-18)19-9-4-3-5-10-19)17-23(29)27-13-8-14-28(16-15-27)25(30)20-11-6-7-12-22(20)31-2/h3-7,9-12H,8,13-17H2,1-2H3. The second-order valence-corrected chi connectivity index (χ2v) is 7.79. The molecule has 2 aromatic carbocycles. The summed E-state index contributed by atoms with van der Waals surface area (Å²) in [7, 11) is 1.56. The number of carbonyl (C=O) groups is 2. The van der Waals surface area contributed by atoms with Crippen molar-refractivity contribution in [1.82, 2.24) is 14.8 Å². The van der Waals surface area contributed by atoms with Crippen molar-refractivity contribution in [2.45, 2.75) is 19.8 Å². The number of ether oxygens (including phenoxy) is 1. The lowest BCUT2D eigenvalue weighted by molar-refractivity contribution is -0.130. The number of aromatic nitrogens is 1. The van der Waals surface area contributed by atoms with Crippen LogP contribution in [0.25, 0.3) is 11.5 Å². The van der Waals surface area contributed by atoms with Gasteiger partial charge < -0.3 is 19.0 Å². The SMILES string of the molecule is COc1ccccc1C(=O)N1CCCN(C(=O)Cc2nc(-c3ccccc3)oc2C)CC1. The van der Waals surface area contributed by atoms with Gasteiger partial charge in [-0.2, -0.15) is 0 Å². The molecule has 0 atom stereocenters. The molecule has 0 bridgehead atoms. The van der Waals surface area contributed by atoms with Crippen LogP contribution in [0.2, 0.25) is 0 Å². The van der Waals surface area contributed by atoms with Gasteiger partial charge in [0.05, 0.1) is 24.8 Å². The van der Waals surface area contributed by atoms with Crippen LogP contribution in [0.3, 0.4) is 0 Å². The summed E-state index contributed by atoms with van der Waals surface area (Å²) in [4.78, 5) is 34.1. The molecule has 0 N–H and O–H groups in total. The molecule has 32 heavy (non-hydrogen) atoms. The van der Waals surface area contributed by atoms with E-state index < -0.39 is 0 Å². The summed E-state index contributed by atoms with van der Waals surface area (Å²) in [6.07, 6.45) is 0.905. The Bertz CT molecular complexity index is 1090. The molecule has 166 valence electrons. The molecule has 0 saturated carbocycles. The fraction of sp³-hybridized carbons (Fsp3) is 0.320. The van der Waals surface area contributed by atoms with Crippen molar-refractivity contribution in [3.8, 4) is 17.2 Å². The first-order chi connectivity index (χ1) is 15.6. The number of methoxy groups -OCH3 is 1. The zero-order valence-electron chi connectivity index (χ0n) is 18.4. The predicted octanol–water partition coefficient (Wildman–Crippen LogP) is 3.58. The van der Waals surface area contributed by atoms with Crippen LogP contribution < -0.4 is 4.74 Å². The van der Waals surface area contributed by atoms with Crippen molar-refractivity contribution in [3.63, 3.8) is 0 Å². The van der Waals surface area contributed by atoms with Gasteiger partial charge in [0.1, 0.15) is 11.5 Å². The monoisotopic (exact) mass is 433 g/mol. The van der Waals surface area contributed by atoms with Gasteiger partial charge >= 0.3 is 0 Å². The Balaban J connectivity index is 1.40. The number of carbonyl (C=O) groups excluding carboxylic acids is 2. The Hall–Kier alpha value is -3.61. The summed E-state index contributed by atoms with van der Waals surface area (Å²) in [6, 6.07) is 16.9. The first-order valence-electron chi connectivity index (χ1n) is 10.8. The highest BCUT2D eigenvalue weighted by Crippen LogP contribution is 2.23. The highest BCUT2D eigenvalue weighted by atomic mass is 16.5. The van der Waals surface area contributed by atoms with Gasteiger partial charge in [-0.25, -0.2) is 4.98 Å². The van der Waals surface area contributed by atoms with Crippen LogP contribution in [-0.2, 0) is 11.2 Å². The Morgan fingerprint density at radius 2 is 1.66 bits per heavy atom. The number of oxazole rings is 1. The maximum Gasteiger partial charge on any atom is 0.257 e. The van der Waals surface area contributed by atoms with E-state index in [2.05, 4.69) is 4.98 Å². The molecule has 0 radical (unpaired) electrons. The van der Waals surface area contributed by atoms with Gasteiger partial charge in [0.25, 0.3) is 5.91 Å². The minimum atomic E-state index is -0.0726. The van der Waals surface area contributed by atoms with E-state index in [1.165, 1.54) is 0 Å². The highest BCUT2D eigenvalue weighted by molar-refractivity contribution is 5.97. The molecule has 0 aliphatic carbocycles. The third kappa shape index (κ3) is 4.66. The average molecular weight is 434 g/mol. The van der Waals surface area contributed by atoms with Crippen LogP contribution in [0.1, 0.15) is 28.2 Å². The number of aryl methyl sites for hydroxylation is 1. The minimum absolute atomic E-state index is 0.00685. The Morgan fingerprint density at radius 1 is 0.969 bits per heavy atom. The topological polar surface area (TPSA) is 75.9 Å². The number of benzene rings is 2. The van der Waals surface area contributed by atoms with Crippen LogP contribution in [0.15, 0.2) is 59.0 Å². The third-order valence-corrected chi connectivity index (χ3v) is 5.71. The molecule has 3 aromatic rings. The molecule has 1 aliphatic rings. The molecular formula is C25H27N3O4. The fourth-order valence-electron chi connectivity index (χ4n) is 3.91. The van der Waals surface area contributed by atoms with Crippen molar-refractivity contribution in [1.29, 1.82) is 0 Å². The van der Waals surface area contributed by atoms with Crippen LogP contribution in [-0.4, -0.2) is 59.9 Å². The van der Waals surface area contributed by atoms with Gasteiger partial charge in [-0.3, -0.25) is 9.59 Å². The van der Waals surface area contributed by atoms with Gasteiger partial charge in [0, 0.05) is 31.7 Å². The zero-order chi connectivity index (χ0) is 22.5. The Morgan fingerprint density at radius 3 is 2.44 bits per heavy atom. The number of hydrogen-bond acceptors (Lipinski definition) is 5. The van der Waals surface area contributed by atoms with Crippen molar-refractivity contribution < 1.29 is 18.7 Å². The third-order valence-electron chi connectivity index (χ3n) is 5.71. The molecule has 4 rings (SSSR count). The van der Waals surface area contributed by atoms with Crippen molar-refractivity contribution in [3.05, 3.63) is 71.6 Å². The molecule has 1 aliphatic heterocycles. The van der Waals surface area contributed by atoms with Crippen LogP contribution in [0.5, 0.6) is 5.75 Å². The van der Waals surface area contributed by atoms with Crippen molar-refractivity contribution in [2.24, 2.45) is 0 Å². The normalized spacial score (nSPS) is 14.2. The summed E-state index contributed by atoms with van der Waals surface area (Å²) < 4.78 is 11.1. The van der Waals surface area contributed by atoms with Gasteiger partial charge in [-0.1, -0.05) is 30.3 Å². The lowest BCUT2D eigenvalue weighted by atomic mass is 10.1. The molecule has 0 unspecified atom stereocenters. The van der Waals surface area contributed by atoms with E-state index in [4.69, 9.17) is 9.15 Å². The maximum absolute atomic E-state index is 13.0. The summed E-state index contributed by atoms with van der Waals surface area (Å²) >= 11 is 0. The van der Waals surface area contributed by atoms with Gasteiger partial charge in [0.2, 0.25) is 11.8 Å². The van der Waals surface area contributed by atoms with E-state index in [0.717, 1.165) is 12.0 Å². The van der Waals surface area contributed by atoms with E-state index in [9.17, 15) is 9.59 Å². The lowest BCUT2D eigenvalue weighted by Gasteiger charge is -2.22. The number of nitrogens with zero attached hydrogens (tertiary/aromatic N) is 3. The first kappa shape index (κ1) is 21.6. The zero-order valence-corrected chi connectivity index (χ0v) is 18.4. The molecule has 0 spiro atoms. The minimum Gasteiger partial charge on any atom is -0.496 e. The molecule has 1 aromatic heterocycles. The average Bonchev–Trinajstić information content (AvgIpc) is 3.03.